The molecule has 1 fully saturated rings. The van der Waals surface area contributed by atoms with E-state index in [0.29, 0.717) is 12.8 Å². The Labute approximate surface area is 101 Å². The highest BCUT2D eigenvalue weighted by Gasteiger charge is 2.55. The van der Waals surface area contributed by atoms with Crippen molar-refractivity contribution < 1.29 is 19.4 Å². The van der Waals surface area contributed by atoms with Gasteiger partial charge in [0.25, 0.3) is 0 Å². The number of hydrogen-bond donors (Lipinski definition) is 0. The molecule has 0 radical (unpaired) electrons. The first kappa shape index (κ1) is 12.1. The van der Waals surface area contributed by atoms with Crippen LogP contribution in [0.25, 0.3) is 0 Å². The summed E-state index contributed by atoms with van der Waals surface area (Å²) >= 11 is 0. The van der Waals surface area contributed by atoms with Gasteiger partial charge in [-0.15, -0.1) is 0 Å². The molecule has 0 aromatic carbocycles. The van der Waals surface area contributed by atoms with Gasteiger partial charge in [0.1, 0.15) is 11.0 Å². The third-order valence-corrected chi connectivity index (χ3v) is 3.53. The number of carboxylic acids is 1. The lowest BCUT2D eigenvalue weighted by atomic mass is 9.74. The highest BCUT2D eigenvalue weighted by molar-refractivity contribution is 6.00. The second-order valence-corrected chi connectivity index (χ2v) is 5.94. The molecular weight excluding hydrogens is 220 g/mol. The maximum atomic E-state index is 12.1. The van der Waals surface area contributed by atoms with Crippen LogP contribution in [0, 0.1) is 11.3 Å². The molecule has 4 nitrogen and oxygen atoms in total. The Bertz CT molecular complexity index is 402. The summed E-state index contributed by atoms with van der Waals surface area (Å²) in [5, 5.41) is 11.4. The lowest BCUT2D eigenvalue weighted by Gasteiger charge is -2.36. The second kappa shape index (κ2) is 3.59. The highest BCUT2D eigenvalue weighted by Crippen LogP contribution is 2.53. The van der Waals surface area contributed by atoms with Crippen molar-refractivity contribution in [3.63, 3.8) is 0 Å². The molecule has 4 heteroatoms. The number of carbonyl (C=O) groups is 2. The van der Waals surface area contributed by atoms with Crippen LogP contribution >= 0.6 is 0 Å². The van der Waals surface area contributed by atoms with E-state index >= 15 is 0 Å². The van der Waals surface area contributed by atoms with Gasteiger partial charge in [0, 0.05) is 0 Å². The molecule has 0 heterocycles. The zero-order chi connectivity index (χ0) is 12.8. The second-order valence-electron chi connectivity index (χ2n) is 5.94. The molecule has 2 atom stereocenters. The molecule has 1 saturated carbocycles. The molecule has 2 rings (SSSR count). The van der Waals surface area contributed by atoms with Crippen molar-refractivity contribution in [2.24, 2.45) is 11.3 Å². The van der Waals surface area contributed by atoms with E-state index in [2.05, 4.69) is 0 Å². The number of aliphatic carboxylic acids is 1. The smallest absolute Gasteiger partial charge is 0.318 e. The van der Waals surface area contributed by atoms with Crippen LogP contribution in [0.3, 0.4) is 0 Å². The van der Waals surface area contributed by atoms with Gasteiger partial charge in [-0.3, -0.25) is 4.79 Å². The zero-order valence-corrected chi connectivity index (χ0v) is 10.4. The lowest BCUT2D eigenvalue weighted by molar-refractivity contribution is -0.320. The summed E-state index contributed by atoms with van der Waals surface area (Å²) in [6, 6.07) is 0. The maximum Gasteiger partial charge on any atom is 0.318 e. The van der Waals surface area contributed by atoms with Gasteiger partial charge in [0.15, 0.2) is 0 Å². The van der Waals surface area contributed by atoms with Crippen molar-refractivity contribution >= 4 is 11.9 Å². The van der Waals surface area contributed by atoms with Crippen LogP contribution in [-0.2, 0) is 14.3 Å². The van der Waals surface area contributed by atoms with E-state index in [0.717, 1.165) is 5.57 Å². The molecule has 2 unspecified atom stereocenters. The van der Waals surface area contributed by atoms with Crippen LogP contribution in [0.4, 0.5) is 0 Å². The summed E-state index contributed by atoms with van der Waals surface area (Å²) in [7, 11) is 0. The summed E-state index contributed by atoms with van der Waals surface area (Å²) < 4.78 is 5.25. The molecular formula is C13H17O4-. The van der Waals surface area contributed by atoms with Gasteiger partial charge in [-0.05, 0) is 46.0 Å². The fourth-order valence-corrected chi connectivity index (χ4v) is 2.74. The van der Waals surface area contributed by atoms with Crippen LogP contribution in [0.2, 0.25) is 0 Å². The van der Waals surface area contributed by atoms with Crippen LogP contribution in [0.15, 0.2) is 11.6 Å². The summed E-state index contributed by atoms with van der Waals surface area (Å²) in [6.45, 7) is 5.21. The minimum Gasteiger partial charge on any atom is -0.549 e. The predicted octanol–water partition coefficient (Wildman–Crippen LogP) is 0.804. The third kappa shape index (κ3) is 1.85. The summed E-state index contributed by atoms with van der Waals surface area (Å²) in [5.74, 6) is -2.12. The van der Waals surface area contributed by atoms with Crippen LogP contribution in [0.1, 0.15) is 40.0 Å². The van der Waals surface area contributed by atoms with E-state index in [1.807, 2.05) is 6.08 Å². The molecule has 0 aromatic rings. The first-order chi connectivity index (χ1) is 7.75. The van der Waals surface area contributed by atoms with E-state index in [9.17, 15) is 14.7 Å². The Morgan fingerprint density at radius 2 is 2.12 bits per heavy atom. The predicted molar refractivity (Wildman–Crippen MR) is 58.7 cm³/mol. The number of ether oxygens (including phenoxy) is 1. The van der Waals surface area contributed by atoms with Crippen LogP contribution < -0.4 is 5.11 Å². The van der Waals surface area contributed by atoms with E-state index in [4.69, 9.17) is 4.74 Å². The minimum atomic E-state index is -1.45. The summed E-state index contributed by atoms with van der Waals surface area (Å²) in [5.41, 5.74) is -1.07. The molecule has 2 bridgehead atoms. The minimum absolute atomic E-state index is 0.183. The van der Waals surface area contributed by atoms with Crippen molar-refractivity contribution in [1.82, 2.24) is 0 Å². The molecule has 0 amide bonds. The summed E-state index contributed by atoms with van der Waals surface area (Å²) in [6.07, 6.45) is 3.61. The average Bonchev–Trinajstić information content (AvgIpc) is 2.73. The molecule has 94 valence electrons. The Kier molecular flexibility index (Phi) is 2.56. The highest BCUT2D eigenvalue weighted by atomic mass is 16.6. The molecule has 2 aliphatic carbocycles. The van der Waals surface area contributed by atoms with Crippen molar-refractivity contribution in [1.29, 1.82) is 0 Å². The van der Waals surface area contributed by atoms with Crippen molar-refractivity contribution in [3.8, 4) is 0 Å². The monoisotopic (exact) mass is 237 g/mol. The quantitative estimate of drug-likeness (QED) is 0.405. The molecule has 0 N–H and O–H groups in total. The van der Waals surface area contributed by atoms with E-state index < -0.39 is 23.0 Å². The number of fused-ring (bicyclic) bond motifs is 2. The van der Waals surface area contributed by atoms with E-state index in [-0.39, 0.29) is 12.3 Å². The van der Waals surface area contributed by atoms with Gasteiger partial charge < -0.3 is 14.6 Å². The number of hydrogen-bond acceptors (Lipinski definition) is 4. The maximum absolute atomic E-state index is 12.1. The first-order valence-electron chi connectivity index (χ1n) is 5.88. The average molecular weight is 237 g/mol. The van der Waals surface area contributed by atoms with Gasteiger partial charge in [0.2, 0.25) is 0 Å². The third-order valence-electron chi connectivity index (χ3n) is 3.53. The largest absolute Gasteiger partial charge is 0.549 e. The van der Waals surface area contributed by atoms with Gasteiger partial charge in [-0.25, -0.2) is 0 Å². The lowest BCUT2D eigenvalue weighted by Crippen LogP contribution is -2.52. The van der Waals surface area contributed by atoms with Crippen molar-refractivity contribution in [2.45, 2.75) is 45.6 Å². The fraction of sp³-hybridized carbons (Fsp3) is 0.692. The topological polar surface area (TPSA) is 66.4 Å². The van der Waals surface area contributed by atoms with E-state index in [1.165, 1.54) is 0 Å². The number of carboxylic acid groups (broad SMARTS) is 1. The molecule has 2 aliphatic rings. The molecule has 0 aliphatic heterocycles. The van der Waals surface area contributed by atoms with Crippen molar-refractivity contribution in [3.05, 3.63) is 11.6 Å². The molecule has 0 spiro atoms. The Hall–Kier alpha value is -1.32. The number of allylic oxidation sites excluding steroid dienone is 2. The van der Waals surface area contributed by atoms with E-state index in [1.54, 1.807) is 20.8 Å². The normalized spacial score (nSPS) is 31.2. The molecule has 0 aromatic heterocycles. The Morgan fingerprint density at radius 1 is 1.47 bits per heavy atom. The van der Waals surface area contributed by atoms with Crippen LogP contribution in [0.5, 0.6) is 0 Å². The number of rotatable bonds is 2. The first-order valence-corrected chi connectivity index (χ1v) is 5.88. The van der Waals surface area contributed by atoms with Gasteiger partial charge in [-0.1, -0.05) is 11.6 Å². The SMILES string of the molecule is CC(C)(C)OC(=O)C1(C(=O)[O-])CC2=CCC1C2. The fourth-order valence-electron chi connectivity index (χ4n) is 2.74. The summed E-state index contributed by atoms with van der Waals surface area (Å²) in [4.78, 5) is 23.5. The van der Waals surface area contributed by atoms with Gasteiger partial charge >= 0.3 is 5.97 Å². The standard InChI is InChI=1S/C13H18O4/c1-12(2,3)17-11(16)13(10(14)15)7-8-4-5-9(13)6-8/h4,9H,5-7H2,1-3H3,(H,14,15)/p-1. The van der Waals surface area contributed by atoms with Gasteiger partial charge in [-0.2, -0.15) is 0 Å². The number of esters is 1. The number of carbonyl (C=O) groups excluding carboxylic acids is 2. The van der Waals surface area contributed by atoms with Crippen LogP contribution in [-0.4, -0.2) is 17.5 Å². The molecule has 0 saturated heterocycles. The Morgan fingerprint density at radius 3 is 2.47 bits per heavy atom. The van der Waals surface area contributed by atoms with Gasteiger partial charge in [0.05, 0.1) is 5.97 Å². The molecule has 17 heavy (non-hydrogen) atoms. The van der Waals surface area contributed by atoms with Crippen molar-refractivity contribution in [2.75, 3.05) is 0 Å². The Balaban J connectivity index is 2.28. The zero-order valence-electron chi connectivity index (χ0n) is 10.4.